The predicted octanol–water partition coefficient (Wildman–Crippen LogP) is 3.70. The quantitative estimate of drug-likeness (QED) is 0.220. The number of hydrogen-bond donors (Lipinski definition) is 3. The summed E-state index contributed by atoms with van der Waals surface area (Å²) in [5.41, 5.74) is 2.59. The summed E-state index contributed by atoms with van der Waals surface area (Å²) < 4.78 is 5.34. The van der Waals surface area contributed by atoms with Crippen molar-refractivity contribution in [2.45, 2.75) is 32.6 Å². The molecule has 1 aromatic heterocycles. The van der Waals surface area contributed by atoms with Crippen molar-refractivity contribution in [3.8, 4) is 0 Å². The Morgan fingerprint density at radius 1 is 1.12 bits per heavy atom. The summed E-state index contributed by atoms with van der Waals surface area (Å²) in [5.74, 6) is 0.880. The lowest BCUT2D eigenvalue weighted by Gasteiger charge is -2.11. The van der Waals surface area contributed by atoms with E-state index in [-0.39, 0.29) is 24.0 Å². The van der Waals surface area contributed by atoms with E-state index in [4.69, 9.17) is 4.74 Å². The number of halogens is 1. The largest absolute Gasteiger partial charge is 0.382 e. The van der Waals surface area contributed by atoms with Gasteiger partial charge in [-0.1, -0.05) is 18.2 Å². The Hall–Kier alpha value is -1.28. The fourth-order valence-electron chi connectivity index (χ4n) is 2.72. The van der Waals surface area contributed by atoms with E-state index in [2.05, 4.69) is 51.1 Å². The third-order valence-electron chi connectivity index (χ3n) is 4.03. The van der Waals surface area contributed by atoms with Crippen molar-refractivity contribution in [2.24, 2.45) is 4.99 Å². The van der Waals surface area contributed by atoms with E-state index in [1.807, 2.05) is 14.0 Å². The normalized spacial score (nSPS) is 11.4. The van der Waals surface area contributed by atoms with Crippen LogP contribution in [0.3, 0.4) is 0 Å². The highest BCUT2D eigenvalue weighted by Crippen LogP contribution is 2.18. The Kier molecular flexibility index (Phi) is 11.3. The molecular weight excluding hydrogens is 427 g/mol. The highest BCUT2D eigenvalue weighted by molar-refractivity contribution is 14.0. The summed E-state index contributed by atoms with van der Waals surface area (Å²) in [6, 6.07) is 8.45. The summed E-state index contributed by atoms with van der Waals surface area (Å²) >= 11 is 0. The lowest BCUT2D eigenvalue weighted by atomic mass is 10.1. The molecule has 0 spiro atoms. The molecule has 140 valence electrons. The third kappa shape index (κ3) is 7.64. The van der Waals surface area contributed by atoms with Gasteiger partial charge in [-0.25, -0.2) is 0 Å². The van der Waals surface area contributed by atoms with Crippen molar-refractivity contribution >= 4 is 40.8 Å². The number of aliphatic imine (C=N–C) groups is 1. The Morgan fingerprint density at radius 3 is 2.64 bits per heavy atom. The maximum Gasteiger partial charge on any atom is 0.190 e. The number of aromatic amines is 1. The van der Waals surface area contributed by atoms with Crippen LogP contribution in [0.15, 0.2) is 35.5 Å². The van der Waals surface area contributed by atoms with E-state index in [1.54, 1.807) is 0 Å². The Balaban J connectivity index is 0.00000312. The molecule has 0 unspecified atom stereocenters. The van der Waals surface area contributed by atoms with Gasteiger partial charge in [0.15, 0.2) is 5.96 Å². The number of hydrogen-bond acceptors (Lipinski definition) is 2. The number of aryl methyl sites for hydroxylation is 1. The number of para-hydroxylation sites is 1. The predicted molar refractivity (Wildman–Crippen MR) is 117 cm³/mol. The summed E-state index contributed by atoms with van der Waals surface area (Å²) in [6.45, 7) is 5.51. The van der Waals surface area contributed by atoms with E-state index in [1.165, 1.54) is 16.5 Å². The Bertz CT molecular complexity index is 627. The lowest BCUT2D eigenvalue weighted by Crippen LogP contribution is -2.38. The molecule has 6 heteroatoms. The Labute approximate surface area is 168 Å². The topological polar surface area (TPSA) is 61.4 Å². The minimum absolute atomic E-state index is 0. The van der Waals surface area contributed by atoms with Crippen molar-refractivity contribution in [2.75, 3.05) is 33.4 Å². The van der Waals surface area contributed by atoms with Gasteiger partial charge >= 0.3 is 0 Å². The molecular formula is C19H31IN4O. The second kappa shape index (κ2) is 13.0. The van der Waals surface area contributed by atoms with E-state index in [0.29, 0.717) is 0 Å². The van der Waals surface area contributed by atoms with Gasteiger partial charge in [-0.15, -0.1) is 24.0 Å². The number of H-pyrrole nitrogens is 1. The minimum atomic E-state index is 0. The number of fused-ring (bicyclic) bond motifs is 1. The van der Waals surface area contributed by atoms with Crippen molar-refractivity contribution in [1.82, 2.24) is 15.6 Å². The minimum Gasteiger partial charge on any atom is -0.382 e. The standard InChI is InChI=1S/C19H30N4O.HI/c1-3-24-14-7-6-12-21-19(20-2)22-13-8-9-16-15-23-18-11-5-4-10-17(16)18;/h4-5,10-11,15,23H,3,6-9,12-14H2,1-2H3,(H2,20,21,22);1H. The van der Waals surface area contributed by atoms with Crippen molar-refractivity contribution < 1.29 is 4.74 Å². The summed E-state index contributed by atoms with van der Waals surface area (Å²) in [4.78, 5) is 7.59. The van der Waals surface area contributed by atoms with Gasteiger partial charge < -0.3 is 20.4 Å². The van der Waals surface area contributed by atoms with Gasteiger partial charge in [-0.2, -0.15) is 0 Å². The molecule has 2 rings (SSSR count). The summed E-state index contributed by atoms with van der Waals surface area (Å²) in [7, 11) is 1.81. The van der Waals surface area contributed by atoms with Crippen LogP contribution in [-0.2, 0) is 11.2 Å². The van der Waals surface area contributed by atoms with Crippen molar-refractivity contribution in [3.63, 3.8) is 0 Å². The molecule has 0 aliphatic carbocycles. The van der Waals surface area contributed by atoms with E-state index >= 15 is 0 Å². The first kappa shape index (κ1) is 21.8. The first-order valence-electron chi connectivity index (χ1n) is 8.92. The zero-order chi connectivity index (χ0) is 17.0. The van der Waals surface area contributed by atoms with Crippen LogP contribution in [0.2, 0.25) is 0 Å². The van der Waals surface area contributed by atoms with E-state index in [9.17, 15) is 0 Å². The molecule has 2 aromatic rings. The van der Waals surface area contributed by atoms with Crippen LogP contribution >= 0.6 is 24.0 Å². The van der Waals surface area contributed by atoms with Crippen molar-refractivity contribution in [1.29, 1.82) is 0 Å². The van der Waals surface area contributed by atoms with Gasteiger partial charge in [0.05, 0.1) is 0 Å². The first-order chi connectivity index (χ1) is 11.8. The lowest BCUT2D eigenvalue weighted by molar-refractivity contribution is 0.143. The van der Waals surface area contributed by atoms with Crippen molar-refractivity contribution in [3.05, 3.63) is 36.0 Å². The van der Waals surface area contributed by atoms with Crippen LogP contribution in [-0.4, -0.2) is 44.3 Å². The highest BCUT2D eigenvalue weighted by atomic mass is 127. The molecule has 3 N–H and O–H groups in total. The van der Waals surface area contributed by atoms with Gasteiger partial charge in [0.1, 0.15) is 0 Å². The van der Waals surface area contributed by atoms with Gasteiger partial charge in [-0.05, 0) is 44.2 Å². The molecule has 0 saturated carbocycles. The number of aromatic nitrogens is 1. The van der Waals surface area contributed by atoms with E-state index < -0.39 is 0 Å². The van der Waals surface area contributed by atoms with Gasteiger partial charge in [0.25, 0.3) is 0 Å². The average Bonchev–Trinajstić information content (AvgIpc) is 3.03. The highest BCUT2D eigenvalue weighted by Gasteiger charge is 2.03. The number of nitrogens with one attached hydrogen (secondary N) is 3. The Morgan fingerprint density at radius 2 is 1.88 bits per heavy atom. The fraction of sp³-hybridized carbons (Fsp3) is 0.526. The third-order valence-corrected chi connectivity index (χ3v) is 4.03. The summed E-state index contributed by atoms with van der Waals surface area (Å²) in [6.07, 6.45) is 6.43. The maximum atomic E-state index is 5.34. The number of benzene rings is 1. The van der Waals surface area contributed by atoms with Crippen LogP contribution < -0.4 is 10.6 Å². The molecule has 5 nitrogen and oxygen atoms in total. The number of unbranched alkanes of at least 4 members (excludes halogenated alkanes) is 1. The number of ether oxygens (including phenoxy) is 1. The maximum absolute atomic E-state index is 5.34. The van der Waals surface area contributed by atoms with E-state index in [0.717, 1.165) is 57.9 Å². The molecule has 0 fully saturated rings. The molecule has 0 radical (unpaired) electrons. The van der Waals surface area contributed by atoms with Gasteiger partial charge in [-0.3, -0.25) is 4.99 Å². The average molecular weight is 458 g/mol. The first-order valence-corrected chi connectivity index (χ1v) is 8.92. The zero-order valence-electron chi connectivity index (χ0n) is 15.3. The molecule has 0 amide bonds. The second-order valence-electron chi connectivity index (χ2n) is 5.79. The number of rotatable bonds is 10. The molecule has 0 aliphatic rings. The van der Waals surface area contributed by atoms with Crippen LogP contribution in [0.25, 0.3) is 10.9 Å². The molecule has 0 aliphatic heterocycles. The smallest absolute Gasteiger partial charge is 0.190 e. The van der Waals surface area contributed by atoms with Crippen LogP contribution in [0.1, 0.15) is 31.7 Å². The molecule has 0 atom stereocenters. The van der Waals surface area contributed by atoms with Crippen LogP contribution in [0.4, 0.5) is 0 Å². The monoisotopic (exact) mass is 458 g/mol. The fourth-order valence-corrected chi connectivity index (χ4v) is 2.72. The second-order valence-corrected chi connectivity index (χ2v) is 5.79. The van der Waals surface area contributed by atoms with Crippen LogP contribution in [0.5, 0.6) is 0 Å². The van der Waals surface area contributed by atoms with Crippen LogP contribution in [0, 0.1) is 0 Å². The van der Waals surface area contributed by atoms with Gasteiger partial charge in [0.2, 0.25) is 0 Å². The molecule has 0 bridgehead atoms. The molecule has 1 aromatic carbocycles. The summed E-state index contributed by atoms with van der Waals surface area (Å²) in [5, 5.41) is 8.05. The molecule has 0 saturated heterocycles. The van der Waals surface area contributed by atoms with Gasteiger partial charge in [0, 0.05) is 50.5 Å². The SMILES string of the molecule is CCOCCCCNC(=NC)NCCCc1c[nH]c2ccccc12.I. The number of guanidine groups is 1. The number of nitrogens with zero attached hydrogens (tertiary/aromatic N) is 1. The molecule has 1 heterocycles. The zero-order valence-corrected chi connectivity index (χ0v) is 17.6. The molecule has 25 heavy (non-hydrogen) atoms.